The van der Waals surface area contributed by atoms with E-state index in [2.05, 4.69) is 0 Å². The van der Waals surface area contributed by atoms with E-state index in [0.29, 0.717) is 5.69 Å². The van der Waals surface area contributed by atoms with Gasteiger partial charge in [-0.15, -0.1) is 12.4 Å². The molecule has 3 N–H and O–H groups in total. The zero-order valence-electron chi connectivity index (χ0n) is 8.46. The fourth-order valence-electron chi connectivity index (χ4n) is 1.22. The number of benzene rings is 2. The second-order valence-electron chi connectivity index (χ2n) is 3.14. The lowest BCUT2D eigenvalue weighted by Crippen LogP contribution is -1.85. The van der Waals surface area contributed by atoms with E-state index in [1.807, 2.05) is 36.4 Å². The molecule has 0 aliphatic heterocycles. The largest absolute Gasteiger partial charge is 0.506 e. The molecule has 84 valence electrons. The summed E-state index contributed by atoms with van der Waals surface area (Å²) in [6, 6.07) is 15.3. The van der Waals surface area contributed by atoms with Crippen LogP contribution in [-0.2, 0) is 0 Å². The predicted molar refractivity (Wildman–Crippen MR) is 70.3 cm³/mol. The average molecular weight is 254 g/mol. The molecule has 0 amide bonds. The van der Waals surface area contributed by atoms with Crippen molar-refractivity contribution in [1.82, 2.24) is 0 Å². The van der Waals surface area contributed by atoms with Crippen LogP contribution in [0, 0.1) is 0 Å². The van der Waals surface area contributed by atoms with Crippen molar-refractivity contribution in [2.75, 3.05) is 5.73 Å². The monoisotopic (exact) mass is 253 g/mol. The van der Waals surface area contributed by atoms with Gasteiger partial charge in [-0.05, 0) is 30.3 Å². The molecule has 2 rings (SSSR count). The summed E-state index contributed by atoms with van der Waals surface area (Å²) >= 11 is 1.62. The van der Waals surface area contributed by atoms with Crippen molar-refractivity contribution in [3.8, 4) is 5.75 Å². The number of anilines is 1. The van der Waals surface area contributed by atoms with E-state index < -0.39 is 0 Å². The minimum absolute atomic E-state index is 0. The van der Waals surface area contributed by atoms with Gasteiger partial charge in [0.25, 0.3) is 0 Å². The molecular weight excluding hydrogens is 242 g/mol. The van der Waals surface area contributed by atoms with Crippen LogP contribution in [-0.4, -0.2) is 5.11 Å². The zero-order chi connectivity index (χ0) is 10.7. The molecule has 0 unspecified atom stereocenters. The molecule has 0 atom stereocenters. The first kappa shape index (κ1) is 12.7. The quantitative estimate of drug-likeness (QED) is 0.636. The molecule has 0 aliphatic rings. The molecule has 4 heteroatoms. The SMILES string of the molecule is Cl.Nc1cc(Sc2ccccc2)ccc1O. The Hall–Kier alpha value is -1.32. The van der Waals surface area contributed by atoms with Crippen LogP contribution in [0.5, 0.6) is 5.75 Å². The Kier molecular flexibility index (Phi) is 4.52. The van der Waals surface area contributed by atoms with E-state index >= 15 is 0 Å². The first-order chi connectivity index (χ1) is 7.25. The number of aromatic hydroxyl groups is 1. The van der Waals surface area contributed by atoms with Gasteiger partial charge in [0.2, 0.25) is 0 Å². The Labute approximate surface area is 105 Å². The minimum Gasteiger partial charge on any atom is -0.506 e. The summed E-state index contributed by atoms with van der Waals surface area (Å²) in [5, 5.41) is 9.28. The summed E-state index contributed by atoms with van der Waals surface area (Å²) < 4.78 is 0. The third-order valence-electron chi connectivity index (χ3n) is 1.98. The molecule has 16 heavy (non-hydrogen) atoms. The number of rotatable bonds is 2. The summed E-state index contributed by atoms with van der Waals surface area (Å²) in [5.41, 5.74) is 6.02. The number of halogens is 1. The van der Waals surface area contributed by atoms with E-state index in [9.17, 15) is 5.11 Å². The fraction of sp³-hybridized carbons (Fsp3) is 0. The Morgan fingerprint density at radius 3 is 2.25 bits per heavy atom. The van der Waals surface area contributed by atoms with Crippen LogP contribution < -0.4 is 5.73 Å². The van der Waals surface area contributed by atoms with Crippen molar-refractivity contribution in [3.05, 3.63) is 48.5 Å². The molecule has 0 heterocycles. The van der Waals surface area contributed by atoms with Gasteiger partial charge in [-0.1, -0.05) is 30.0 Å². The molecule has 0 aliphatic carbocycles. The van der Waals surface area contributed by atoms with Crippen molar-refractivity contribution in [1.29, 1.82) is 0 Å². The second-order valence-corrected chi connectivity index (χ2v) is 4.28. The maximum absolute atomic E-state index is 9.28. The van der Waals surface area contributed by atoms with Crippen LogP contribution in [0.1, 0.15) is 0 Å². The Morgan fingerprint density at radius 1 is 0.938 bits per heavy atom. The van der Waals surface area contributed by atoms with Crippen molar-refractivity contribution >= 4 is 29.9 Å². The molecule has 2 aromatic carbocycles. The fourth-order valence-corrected chi connectivity index (χ4v) is 2.11. The number of phenols is 1. The van der Waals surface area contributed by atoms with E-state index in [-0.39, 0.29) is 18.2 Å². The van der Waals surface area contributed by atoms with Gasteiger partial charge in [0.15, 0.2) is 0 Å². The highest BCUT2D eigenvalue weighted by Gasteiger charge is 2.00. The number of nitrogen functional groups attached to an aromatic ring is 1. The molecule has 2 aromatic rings. The van der Waals surface area contributed by atoms with Crippen LogP contribution in [0.4, 0.5) is 5.69 Å². The van der Waals surface area contributed by atoms with Crippen LogP contribution >= 0.6 is 24.2 Å². The smallest absolute Gasteiger partial charge is 0.138 e. The lowest BCUT2D eigenvalue weighted by molar-refractivity contribution is 0.477. The third kappa shape index (κ3) is 3.08. The molecule has 0 spiro atoms. The van der Waals surface area contributed by atoms with Crippen LogP contribution in [0.15, 0.2) is 58.3 Å². The number of hydrogen-bond acceptors (Lipinski definition) is 3. The molecule has 0 saturated heterocycles. The van der Waals surface area contributed by atoms with Gasteiger partial charge in [-0.25, -0.2) is 0 Å². The summed E-state index contributed by atoms with van der Waals surface area (Å²) in [6.45, 7) is 0. The van der Waals surface area contributed by atoms with E-state index in [4.69, 9.17) is 5.73 Å². The second kappa shape index (κ2) is 5.68. The van der Waals surface area contributed by atoms with Crippen molar-refractivity contribution in [2.24, 2.45) is 0 Å². The van der Waals surface area contributed by atoms with Crippen molar-refractivity contribution in [2.45, 2.75) is 9.79 Å². The molecule has 2 nitrogen and oxygen atoms in total. The summed E-state index contributed by atoms with van der Waals surface area (Å²) in [4.78, 5) is 2.18. The standard InChI is InChI=1S/C12H11NOS.ClH/c13-11-8-10(6-7-12(11)14)15-9-4-2-1-3-5-9;/h1-8,14H,13H2;1H. The Morgan fingerprint density at radius 2 is 1.62 bits per heavy atom. The van der Waals surface area contributed by atoms with E-state index in [1.165, 1.54) is 0 Å². The molecule has 0 bridgehead atoms. The van der Waals surface area contributed by atoms with Gasteiger partial charge in [-0.2, -0.15) is 0 Å². The normalized spacial score (nSPS) is 9.50. The minimum atomic E-state index is 0. The molecular formula is C12H12ClNOS. The highest BCUT2D eigenvalue weighted by molar-refractivity contribution is 7.99. The molecule has 0 radical (unpaired) electrons. The topological polar surface area (TPSA) is 46.2 Å². The highest BCUT2D eigenvalue weighted by atomic mass is 35.5. The van der Waals surface area contributed by atoms with Gasteiger partial charge in [-0.3, -0.25) is 0 Å². The molecule has 0 saturated carbocycles. The Balaban J connectivity index is 0.00000128. The zero-order valence-corrected chi connectivity index (χ0v) is 10.1. The number of hydrogen-bond donors (Lipinski definition) is 2. The highest BCUT2D eigenvalue weighted by Crippen LogP contribution is 2.31. The van der Waals surface area contributed by atoms with Crippen LogP contribution in [0.3, 0.4) is 0 Å². The van der Waals surface area contributed by atoms with E-state index in [1.54, 1.807) is 23.9 Å². The lowest BCUT2D eigenvalue weighted by Gasteiger charge is -2.03. The van der Waals surface area contributed by atoms with Gasteiger partial charge in [0, 0.05) is 9.79 Å². The first-order valence-corrected chi connectivity index (χ1v) is 5.39. The Bertz CT molecular complexity index is 462. The van der Waals surface area contributed by atoms with Gasteiger partial charge in [0.1, 0.15) is 5.75 Å². The van der Waals surface area contributed by atoms with Gasteiger partial charge < -0.3 is 10.8 Å². The number of phenolic OH excluding ortho intramolecular Hbond substituents is 1. The summed E-state index contributed by atoms with van der Waals surface area (Å²) in [6.07, 6.45) is 0. The van der Waals surface area contributed by atoms with Crippen LogP contribution in [0.25, 0.3) is 0 Å². The van der Waals surface area contributed by atoms with Gasteiger partial charge >= 0.3 is 0 Å². The predicted octanol–water partition coefficient (Wildman–Crippen LogP) is 3.55. The summed E-state index contributed by atoms with van der Waals surface area (Å²) in [5.74, 6) is 0.132. The summed E-state index contributed by atoms with van der Waals surface area (Å²) in [7, 11) is 0. The maximum Gasteiger partial charge on any atom is 0.138 e. The first-order valence-electron chi connectivity index (χ1n) is 4.57. The maximum atomic E-state index is 9.28. The molecule has 0 fully saturated rings. The van der Waals surface area contributed by atoms with Crippen LogP contribution in [0.2, 0.25) is 0 Å². The third-order valence-corrected chi connectivity index (χ3v) is 2.98. The number of nitrogens with two attached hydrogens (primary N) is 1. The lowest BCUT2D eigenvalue weighted by atomic mass is 10.3. The average Bonchev–Trinajstić information content (AvgIpc) is 2.25. The van der Waals surface area contributed by atoms with Gasteiger partial charge in [0.05, 0.1) is 5.69 Å². The molecule has 0 aromatic heterocycles. The van der Waals surface area contributed by atoms with Crippen molar-refractivity contribution in [3.63, 3.8) is 0 Å². The van der Waals surface area contributed by atoms with Crippen molar-refractivity contribution < 1.29 is 5.11 Å². The van der Waals surface area contributed by atoms with E-state index in [0.717, 1.165) is 9.79 Å².